The van der Waals surface area contributed by atoms with E-state index in [1.54, 1.807) is 0 Å². The Morgan fingerprint density at radius 3 is 2.50 bits per heavy atom. The predicted molar refractivity (Wildman–Crippen MR) is 121 cm³/mol. The molecule has 180 valence electrons. The Labute approximate surface area is 190 Å². The highest BCUT2D eigenvalue weighted by Crippen LogP contribution is 2.36. The smallest absolute Gasteiger partial charge is 0.412 e. The molecule has 1 unspecified atom stereocenters. The van der Waals surface area contributed by atoms with E-state index in [0.717, 1.165) is 25.1 Å². The number of nitrogens with zero attached hydrogens (tertiary/aromatic N) is 2. The largest absolute Gasteiger partial charge is 0.444 e. The molecule has 1 saturated heterocycles. The van der Waals surface area contributed by atoms with Crippen molar-refractivity contribution in [3.05, 3.63) is 39.9 Å². The van der Waals surface area contributed by atoms with Gasteiger partial charge in [0.2, 0.25) is 0 Å². The molecule has 1 fully saturated rings. The molecule has 1 aromatic carbocycles. The van der Waals surface area contributed by atoms with Crippen molar-refractivity contribution in [3.8, 4) is 0 Å². The molecule has 0 radical (unpaired) electrons. The minimum atomic E-state index is -3.74. The molecule has 1 atom stereocenters. The maximum absolute atomic E-state index is 13.0. The molecule has 0 aromatic heterocycles. The highest BCUT2D eigenvalue weighted by atomic mass is 32.2. The Hall–Kier alpha value is -2.02. The summed E-state index contributed by atoms with van der Waals surface area (Å²) in [5, 5.41) is 10.8. The van der Waals surface area contributed by atoms with Gasteiger partial charge in [0.25, 0.3) is 15.8 Å². The van der Waals surface area contributed by atoms with Gasteiger partial charge in [-0.1, -0.05) is 19.8 Å². The van der Waals surface area contributed by atoms with Gasteiger partial charge in [0.05, 0.1) is 11.2 Å². The van der Waals surface area contributed by atoms with E-state index in [1.165, 1.54) is 29.2 Å². The van der Waals surface area contributed by atoms with Crippen molar-refractivity contribution in [2.24, 2.45) is 0 Å². The Bertz CT molecular complexity index is 907. The van der Waals surface area contributed by atoms with Crippen LogP contribution in [0.15, 0.2) is 24.3 Å². The number of nitro groups is 1. The van der Waals surface area contributed by atoms with Crippen molar-refractivity contribution in [2.45, 2.75) is 64.1 Å². The summed E-state index contributed by atoms with van der Waals surface area (Å²) in [6.45, 7) is 6.16. The topological polar surface area (TPSA) is 125 Å². The quantitative estimate of drug-likeness (QED) is 0.198. The van der Waals surface area contributed by atoms with E-state index in [2.05, 4.69) is 6.92 Å². The van der Waals surface area contributed by atoms with E-state index in [0.29, 0.717) is 24.9 Å². The second-order valence-corrected chi connectivity index (χ2v) is 14.5. The van der Waals surface area contributed by atoms with Crippen molar-refractivity contribution in [2.75, 3.05) is 19.4 Å². The summed E-state index contributed by atoms with van der Waals surface area (Å²) in [4.78, 5) is 24.7. The van der Waals surface area contributed by atoms with Crippen molar-refractivity contribution >= 4 is 30.2 Å². The molecule has 0 saturated carbocycles. The summed E-state index contributed by atoms with van der Waals surface area (Å²) in [5.41, 5.74) is -0.664. The van der Waals surface area contributed by atoms with Crippen LogP contribution in [-0.2, 0) is 30.1 Å². The van der Waals surface area contributed by atoms with Crippen LogP contribution in [0.5, 0.6) is 0 Å². The molecule has 2 rings (SSSR count). The number of rotatable bonds is 11. The molecular formula is C20H32N2O8SSi. The van der Waals surface area contributed by atoms with Crippen LogP contribution in [0.25, 0.3) is 0 Å². The lowest BCUT2D eigenvalue weighted by Crippen LogP contribution is -2.57. The molecule has 0 bridgehead atoms. The molecular weight excluding hydrogens is 456 g/mol. The SMILES string of the molecule is CCCC[Si](C)(C)OC1(COS(C)(=O)=O)CCCN1C(=O)OCc1ccc([N+](=O)[O-])cc1. The van der Waals surface area contributed by atoms with E-state index < -0.39 is 35.2 Å². The van der Waals surface area contributed by atoms with Gasteiger partial charge in [-0.2, -0.15) is 8.42 Å². The number of nitro benzene ring substituents is 1. The number of non-ortho nitro benzene ring substituents is 1. The first kappa shape index (κ1) is 26.2. The summed E-state index contributed by atoms with van der Waals surface area (Å²) in [7, 11) is -5.97. The Morgan fingerprint density at radius 2 is 1.94 bits per heavy atom. The molecule has 0 N–H and O–H groups in total. The van der Waals surface area contributed by atoms with Crippen LogP contribution in [0, 0.1) is 10.1 Å². The summed E-state index contributed by atoms with van der Waals surface area (Å²) in [5.74, 6) is 0. The molecule has 12 heteroatoms. The van der Waals surface area contributed by atoms with Gasteiger partial charge in [0.1, 0.15) is 13.2 Å². The first-order valence-corrected chi connectivity index (χ1v) is 15.5. The fourth-order valence-corrected chi connectivity index (χ4v) is 6.70. The van der Waals surface area contributed by atoms with E-state index >= 15 is 0 Å². The van der Waals surface area contributed by atoms with Crippen LogP contribution in [-0.4, -0.2) is 57.8 Å². The Kier molecular flexibility index (Phi) is 8.79. The van der Waals surface area contributed by atoms with Gasteiger partial charge in [-0.05, 0) is 49.7 Å². The average molecular weight is 489 g/mol. The lowest BCUT2D eigenvalue weighted by Gasteiger charge is -2.42. The van der Waals surface area contributed by atoms with Gasteiger partial charge in [0, 0.05) is 18.7 Å². The molecule has 1 aromatic rings. The van der Waals surface area contributed by atoms with Crippen LogP contribution < -0.4 is 0 Å². The van der Waals surface area contributed by atoms with Gasteiger partial charge in [-0.25, -0.2) is 4.79 Å². The number of likely N-dealkylation sites (tertiary alicyclic amines) is 1. The van der Waals surface area contributed by atoms with Crippen molar-refractivity contribution < 1.29 is 31.5 Å². The number of unbranched alkanes of at least 4 members (excludes halogenated alkanes) is 1. The third-order valence-corrected chi connectivity index (χ3v) is 8.30. The normalized spacial score (nSPS) is 19.2. The number of carbonyl (C=O) groups excluding carboxylic acids is 1. The second kappa shape index (κ2) is 10.7. The van der Waals surface area contributed by atoms with Crippen molar-refractivity contribution in [3.63, 3.8) is 0 Å². The van der Waals surface area contributed by atoms with E-state index in [9.17, 15) is 23.3 Å². The second-order valence-electron chi connectivity index (χ2n) is 8.61. The lowest BCUT2D eigenvalue weighted by atomic mass is 10.2. The van der Waals surface area contributed by atoms with Crippen LogP contribution in [0.3, 0.4) is 0 Å². The first-order chi connectivity index (χ1) is 14.9. The maximum Gasteiger partial charge on any atom is 0.412 e. The molecule has 1 heterocycles. The third kappa shape index (κ3) is 7.54. The zero-order chi connectivity index (χ0) is 24.0. The average Bonchev–Trinajstić information content (AvgIpc) is 3.12. The Morgan fingerprint density at radius 1 is 1.28 bits per heavy atom. The maximum atomic E-state index is 13.0. The standard InChI is InChI=1S/C20H32N2O8SSi/c1-5-6-14-32(3,4)30-20(16-29-31(2,26)27)12-7-13-21(20)19(23)28-15-17-8-10-18(11-9-17)22(24)25/h8-11H,5-7,12-16H2,1-4H3. The lowest BCUT2D eigenvalue weighted by molar-refractivity contribution is -0.384. The van der Waals surface area contributed by atoms with Crippen LogP contribution in [0.4, 0.5) is 10.5 Å². The number of ether oxygens (including phenoxy) is 1. The number of hydrogen-bond donors (Lipinski definition) is 0. The molecule has 1 aliphatic heterocycles. The zero-order valence-electron chi connectivity index (χ0n) is 19.0. The van der Waals surface area contributed by atoms with Crippen molar-refractivity contribution in [1.82, 2.24) is 4.90 Å². The molecule has 1 amide bonds. The third-order valence-electron chi connectivity index (χ3n) is 5.27. The summed E-state index contributed by atoms with van der Waals surface area (Å²) < 4.78 is 40.4. The van der Waals surface area contributed by atoms with E-state index in [1.807, 2.05) is 13.1 Å². The number of carbonyl (C=O) groups is 1. The van der Waals surface area contributed by atoms with Crippen LogP contribution in [0.1, 0.15) is 38.2 Å². The van der Waals surface area contributed by atoms with Gasteiger partial charge >= 0.3 is 6.09 Å². The molecule has 10 nitrogen and oxygen atoms in total. The molecule has 32 heavy (non-hydrogen) atoms. The number of benzene rings is 1. The van der Waals surface area contributed by atoms with Gasteiger partial charge in [-0.15, -0.1) is 0 Å². The van der Waals surface area contributed by atoms with Crippen LogP contribution >= 0.6 is 0 Å². The fourth-order valence-electron chi connectivity index (χ4n) is 3.70. The van der Waals surface area contributed by atoms with Crippen molar-refractivity contribution in [1.29, 1.82) is 0 Å². The van der Waals surface area contributed by atoms with Gasteiger partial charge in [-0.3, -0.25) is 19.2 Å². The fraction of sp³-hybridized carbons (Fsp3) is 0.650. The minimum absolute atomic E-state index is 0.0516. The highest BCUT2D eigenvalue weighted by molar-refractivity contribution is 7.85. The number of hydrogen-bond acceptors (Lipinski definition) is 8. The predicted octanol–water partition coefficient (Wildman–Crippen LogP) is 4.02. The minimum Gasteiger partial charge on any atom is -0.444 e. The molecule has 0 aliphatic carbocycles. The summed E-state index contributed by atoms with van der Waals surface area (Å²) >= 11 is 0. The summed E-state index contributed by atoms with van der Waals surface area (Å²) in [6, 6.07) is 6.59. The molecule has 1 aliphatic rings. The number of amides is 1. The first-order valence-electron chi connectivity index (χ1n) is 10.6. The highest BCUT2D eigenvalue weighted by Gasteiger charge is 2.49. The van der Waals surface area contributed by atoms with E-state index in [-0.39, 0.29) is 18.9 Å². The molecule has 0 spiro atoms. The van der Waals surface area contributed by atoms with Crippen LogP contribution in [0.2, 0.25) is 19.1 Å². The van der Waals surface area contributed by atoms with Gasteiger partial charge < -0.3 is 9.16 Å². The zero-order valence-corrected chi connectivity index (χ0v) is 20.9. The summed E-state index contributed by atoms with van der Waals surface area (Å²) in [6.07, 6.45) is 3.38. The van der Waals surface area contributed by atoms with Gasteiger partial charge in [0.15, 0.2) is 14.0 Å². The Balaban J connectivity index is 2.17. The monoisotopic (exact) mass is 488 g/mol. The van der Waals surface area contributed by atoms with E-state index in [4.69, 9.17) is 13.3 Å².